The van der Waals surface area contributed by atoms with Crippen molar-refractivity contribution >= 4 is 34.6 Å². The van der Waals surface area contributed by atoms with Gasteiger partial charge in [-0.25, -0.2) is 0 Å². The number of hydrogen-bond donors (Lipinski definition) is 3. The number of nitrogens with one attached hydrogen (secondary N) is 3. The van der Waals surface area contributed by atoms with Crippen LogP contribution in [0.3, 0.4) is 0 Å². The maximum absolute atomic E-state index is 12.6. The molecule has 3 N–H and O–H groups in total. The van der Waals surface area contributed by atoms with E-state index >= 15 is 0 Å². The first-order valence-corrected chi connectivity index (χ1v) is 12.0. The van der Waals surface area contributed by atoms with Gasteiger partial charge in [0, 0.05) is 42.4 Å². The molecule has 0 radical (unpaired) electrons. The monoisotopic (exact) mass is 466 g/mol. The Bertz CT molecular complexity index is 971. The first kappa shape index (κ1) is 25.5. The SMILES string of the molecule is CCN1C(=O)c2ccc(Nc3cc(NCCCN(C)C)cc(NCCCN(C)C)c3)cc2C1=O. The minimum atomic E-state index is -0.231. The van der Waals surface area contributed by atoms with Gasteiger partial charge in [-0.1, -0.05) is 0 Å². The third kappa shape index (κ3) is 6.71. The van der Waals surface area contributed by atoms with E-state index in [1.165, 1.54) is 4.90 Å². The van der Waals surface area contributed by atoms with E-state index in [4.69, 9.17) is 0 Å². The Kier molecular flexibility index (Phi) is 8.90. The molecular weight excluding hydrogens is 428 g/mol. The van der Waals surface area contributed by atoms with Crippen LogP contribution in [-0.4, -0.2) is 87.4 Å². The summed E-state index contributed by atoms with van der Waals surface area (Å²) in [6.07, 6.45) is 2.09. The minimum absolute atomic E-state index is 0.220. The molecule has 2 aromatic rings. The summed E-state index contributed by atoms with van der Waals surface area (Å²) in [5.74, 6) is -0.451. The zero-order chi connectivity index (χ0) is 24.7. The summed E-state index contributed by atoms with van der Waals surface area (Å²) in [5, 5.41) is 10.5. The van der Waals surface area contributed by atoms with Crippen molar-refractivity contribution in [3.63, 3.8) is 0 Å². The van der Waals surface area contributed by atoms with Crippen molar-refractivity contribution in [2.75, 3.05) is 76.9 Å². The van der Waals surface area contributed by atoms with Gasteiger partial charge >= 0.3 is 0 Å². The highest BCUT2D eigenvalue weighted by atomic mass is 16.2. The average molecular weight is 467 g/mol. The molecule has 8 heteroatoms. The summed E-state index contributed by atoms with van der Waals surface area (Å²) in [4.78, 5) is 30.6. The van der Waals surface area contributed by atoms with Crippen LogP contribution in [0, 0.1) is 0 Å². The van der Waals surface area contributed by atoms with Crippen LogP contribution in [0.25, 0.3) is 0 Å². The van der Waals surface area contributed by atoms with Crippen molar-refractivity contribution < 1.29 is 9.59 Å². The highest BCUT2D eigenvalue weighted by molar-refractivity contribution is 6.21. The van der Waals surface area contributed by atoms with Crippen LogP contribution in [0.1, 0.15) is 40.5 Å². The Morgan fingerprint density at radius 2 is 1.24 bits per heavy atom. The Morgan fingerprint density at radius 3 is 1.76 bits per heavy atom. The number of fused-ring (bicyclic) bond motifs is 1. The van der Waals surface area contributed by atoms with E-state index in [1.54, 1.807) is 12.1 Å². The Labute approximate surface area is 203 Å². The van der Waals surface area contributed by atoms with E-state index in [0.29, 0.717) is 17.7 Å². The number of benzene rings is 2. The molecule has 8 nitrogen and oxygen atoms in total. The largest absolute Gasteiger partial charge is 0.385 e. The van der Waals surface area contributed by atoms with Gasteiger partial charge in [-0.15, -0.1) is 0 Å². The molecule has 0 aliphatic carbocycles. The molecule has 1 aliphatic rings. The lowest BCUT2D eigenvalue weighted by Crippen LogP contribution is -2.29. The second kappa shape index (κ2) is 11.9. The number of rotatable bonds is 13. The summed E-state index contributed by atoms with van der Waals surface area (Å²) in [6.45, 7) is 5.99. The Hall–Kier alpha value is -3.10. The van der Waals surface area contributed by atoms with E-state index in [2.05, 4.69) is 72.1 Å². The van der Waals surface area contributed by atoms with Crippen molar-refractivity contribution in [3.8, 4) is 0 Å². The number of anilines is 4. The first-order valence-electron chi connectivity index (χ1n) is 12.0. The lowest BCUT2D eigenvalue weighted by atomic mass is 10.1. The predicted octanol–water partition coefficient (Wildman–Crippen LogP) is 3.77. The third-order valence-electron chi connectivity index (χ3n) is 5.73. The van der Waals surface area contributed by atoms with Crippen LogP contribution in [0.4, 0.5) is 22.7 Å². The maximum atomic E-state index is 12.6. The summed E-state index contributed by atoms with van der Waals surface area (Å²) in [6, 6.07) is 11.6. The Balaban J connectivity index is 1.76. The van der Waals surface area contributed by atoms with Gasteiger partial charge in [0.25, 0.3) is 11.8 Å². The van der Waals surface area contributed by atoms with E-state index in [0.717, 1.165) is 61.8 Å². The molecule has 0 fully saturated rings. The van der Waals surface area contributed by atoms with Crippen LogP contribution in [-0.2, 0) is 0 Å². The highest BCUT2D eigenvalue weighted by Crippen LogP contribution is 2.29. The quantitative estimate of drug-likeness (QED) is 0.306. The second-order valence-corrected chi connectivity index (χ2v) is 9.21. The number of carbonyl (C=O) groups is 2. The molecule has 0 aromatic heterocycles. The van der Waals surface area contributed by atoms with Crippen molar-refractivity contribution in [1.29, 1.82) is 0 Å². The summed E-state index contributed by atoms with van der Waals surface area (Å²) < 4.78 is 0. The topological polar surface area (TPSA) is 80.0 Å². The molecule has 0 bridgehead atoms. The summed E-state index contributed by atoms with van der Waals surface area (Å²) in [5.41, 5.74) is 4.68. The zero-order valence-corrected chi connectivity index (χ0v) is 21.1. The Morgan fingerprint density at radius 1 is 0.706 bits per heavy atom. The molecule has 0 spiro atoms. The predicted molar refractivity (Wildman–Crippen MR) is 141 cm³/mol. The fourth-order valence-corrected chi connectivity index (χ4v) is 3.98. The van der Waals surface area contributed by atoms with Gasteiger partial charge < -0.3 is 25.8 Å². The first-order chi connectivity index (χ1) is 16.3. The van der Waals surface area contributed by atoms with E-state index in [-0.39, 0.29) is 11.8 Å². The van der Waals surface area contributed by atoms with Gasteiger partial charge in [-0.05, 0) is 97.4 Å². The standard InChI is InChI=1S/C26H38N6O2/c1-6-32-25(33)23-10-9-19(18-24(23)26(32)34)29-22-16-20(27-11-7-13-30(2)3)15-21(17-22)28-12-8-14-31(4)5/h9-10,15-18,27-29H,6-8,11-14H2,1-5H3. The van der Waals surface area contributed by atoms with Crippen molar-refractivity contribution in [1.82, 2.24) is 14.7 Å². The molecule has 2 amide bonds. The molecule has 1 aliphatic heterocycles. The molecule has 0 saturated carbocycles. The van der Waals surface area contributed by atoms with Gasteiger partial charge in [0.2, 0.25) is 0 Å². The van der Waals surface area contributed by atoms with Crippen molar-refractivity contribution in [3.05, 3.63) is 47.5 Å². The smallest absolute Gasteiger partial charge is 0.261 e. The number of carbonyl (C=O) groups excluding carboxylic acids is 2. The molecule has 2 aromatic carbocycles. The minimum Gasteiger partial charge on any atom is -0.385 e. The zero-order valence-electron chi connectivity index (χ0n) is 21.1. The fraction of sp³-hybridized carbons (Fsp3) is 0.462. The van der Waals surface area contributed by atoms with Crippen LogP contribution in [0.15, 0.2) is 36.4 Å². The van der Waals surface area contributed by atoms with E-state index in [1.807, 2.05) is 13.0 Å². The van der Waals surface area contributed by atoms with Crippen LogP contribution >= 0.6 is 0 Å². The van der Waals surface area contributed by atoms with Gasteiger partial charge in [0.15, 0.2) is 0 Å². The van der Waals surface area contributed by atoms with E-state index < -0.39 is 0 Å². The number of hydrogen-bond acceptors (Lipinski definition) is 7. The summed E-state index contributed by atoms with van der Waals surface area (Å²) >= 11 is 0. The number of amides is 2. The van der Waals surface area contributed by atoms with Crippen molar-refractivity contribution in [2.24, 2.45) is 0 Å². The molecule has 0 unspecified atom stereocenters. The average Bonchev–Trinajstić information content (AvgIpc) is 3.03. The molecule has 1 heterocycles. The number of nitrogens with zero attached hydrogens (tertiary/aromatic N) is 3. The second-order valence-electron chi connectivity index (χ2n) is 9.21. The molecule has 0 atom stereocenters. The molecule has 3 rings (SSSR count). The lowest BCUT2D eigenvalue weighted by Gasteiger charge is -2.16. The van der Waals surface area contributed by atoms with Gasteiger partial charge in [0.05, 0.1) is 11.1 Å². The number of imide groups is 1. The van der Waals surface area contributed by atoms with Gasteiger partial charge in [0.1, 0.15) is 0 Å². The van der Waals surface area contributed by atoms with Gasteiger partial charge in [-0.3, -0.25) is 14.5 Å². The molecule has 34 heavy (non-hydrogen) atoms. The lowest BCUT2D eigenvalue weighted by molar-refractivity contribution is 0.0663. The summed E-state index contributed by atoms with van der Waals surface area (Å²) in [7, 11) is 8.31. The van der Waals surface area contributed by atoms with E-state index in [9.17, 15) is 9.59 Å². The van der Waals surface area contributed by atoms with Gasteiger partial charge in [-0.2, -0.15) is 0 Å². The molecule has 184 valence electrons. The molecular formula is C26H38N6O2. The van der Waals surface area contributed by atoms with Crippen LogP contribution in [0.2, 0.25) is 0 Å². The third-order valence-corrected chi connectivity index (χ3v) is 5.73. The van der Waals surface area contributed by atoms with Crippen LogP contribution in [0.5, 0.6) is 0 Å². The fourth-order valence-electron chi connectivity index (χ4n) is 3.98. The normalized spacial score (nSPS) is 13.1. The van der Waals surface area contributed by atoms with Crippen molar-refractivity contribution in [2.45, 2.75) is 19.8 Å². The highest BCUT2D eigenvalue weighted by Gasteiger charge is 2.34. The van der Waals surface area contributed by atoms with Crippen LogP contribution < -0.4 is 16.0 Å². The maximum Gasteiger partial charge on any atom is 0.261 e. The molecule has 0 saturated heterocycles.